The Morgan fingerprint density at radius 1 is 1.47 bits per heavy atom. The van der Waals surface area contributed by atoms with E-state index in [1.165, 1.54) is 0 Å². The summed E-state index contributed by atoms with van der Waals surface area (Å²) < 4.78 is 31.4. The van der Waals surface area contributed by atoms with Crippen LogP contribution in [0.2, 0.25) is 0 Å². The largest absolute Gasteiger partial charge is 0.486 e. The zero-order valence-electron chi connectivity index (χ0n) is 7.91. The molecule has 2 atom stereocenters. The number of hydrogen-bond acceptors (Lipinski definition) is 3. The summed E-state index contributed by atoms with van der Waals surface area (Å²) >= 11 is 0. The van der Waals surface area contributed by atoms with Crippen molar-refractivity contribution >= 4 is 0 Å². The first-order chi connectivity index (χ1) is 7.11. The molecule has 0 amide bonds. The summed E-state index contributed by atoms with van der Waals surface area (Å²) in [5, 5.41) is 9.64. The fraction of sp³-hybridized carbons (Fsp3) is 0.400. The van der Waals surface area contributed by atoms with Gasteiger partial charge in [0, 0.05) is 24.6 Å². The molecular formula is C10H11F2NO2. The molecule has 2 unspecified atom stereocenters. The van der Waals surface area contributed by atoms with Crippen LogP contribution < -0.4 is 10.5 Å². The Balaban J connectivity index is 2.45. The molecule has 82 valence electrons. The maximum absolute atomic E-state index is 13.3. The van der Waals surface area contributed by atoms with Crippen LogP contribution in [0.15, 0.2) is 12.1 Å². The number of halogens is 2. The zero-order valence-corrected chi connectivity index (χ0v) is 7.91. The average Bonchev–Trinajstić information content (AvgIpc) is 2.19. The molecule has 1 aromatic carbocycles. The van der Waals surface area contributed by atoms with Gasteiger partial charge in [0.1, 0.15) is 11.9 Å². The zero-order chi connectivity index (χ0) is 11.0. The van der Waals surface area contributed by atoms with Crippen LogP contribution in [0.1, 0.15) is 18.1 Å². The van der Waals surface area contributed by atoms with Crippen LogP contribution in [0, 0.1) is 11.6 Å². The minimum atomic E-state index is -0.924. The first-order valence-corrected chi connectivity index (χ1v) is 4.65. The molecule has 0 fully saturated rings. The predicted octanol–water partition coefficient (Wildman–Crippen LogP) is 1.11. The van der Waals surface area contributed by atoms with Gasteiger partial charge in [-0.3, -0.25) is 0 Å². The van der Waals surface area contributed by atoms with E-state index >= 15 is 0 Å². The van der Waals surface area contributed by atoms with Crippen molar-refractivity contribution in [1.82, 2.24) is 0 Å². The van der Waals surface area contributed by atoms with Crippen molar-refractivity contribution in [2.24, 2.45) is 5.73 Å². The van der Waals surface area contributed by atoms with Crippen LogP contribution in [0.4, 0.5) is 8.78 Å². The van der Waals surface area contributed by atoms with E-state index < -0.39 is 23.8 Å². The molecule has 0 bridgehead atoms. The third-order valence-electron chi connectivity index (χ3n) is 2.43. The van der Waals surface area contributed by atoms with E-state index in [1.807, 2.05) is 0 Å². The molecule has 1 aliphatic heterocycles. The van der Waals surface area contributed by atoms with E-state index in [9.17, 15) is 13.9 Å². The van der Waals surface area contributed by atoms with Gasteiger partial charge in [0.05, 0.1) is 6.10 Å². The van der Waals surface area contributed by atoms with Crippen molar-refractivity contribution in [3.63, 3.8) is 0 Å². The minimum absolute atomic E-state index is 0.0920. The number of aliphatic hydroxyl groups is 1. The monoisotopic (exact) mass is 215 g/mol. The quantitative estimate of drug-likeness (QED) is 0.737. The van der Waals surface area contributed by atoms with Crippen molar-refractivity contribution in [2.45, 2.75) is 18.6 Å². The highest BCUT2D eigenvalue weighted by atomic mass is 19.1. The fourth-order valence-electron chi connectivity index (χ4n) is 1.69. The number of fused-ring (bicyclic) bond motifs is 1. The van der Waals surface area contributed by atoms with Gasteiger partial charge in [0.25, 0.3) is 0 Å². The maximum atomic E-state index is 13.3. The molecule has 0 radical (unpaired) electrons. The van der Waals surface area contributed by atoms with Crippen molar-refractivity contribution in [3.8, 4) is 5.75 Å². The third kappa shape index (κ3) is 1.80. The fourth-order valence-corrected chi connectivity index (χ4v) is 1.69. The Labute approximate surface area is 85.5 Å². The van der Waals surface area contributed by atoms with Crippen LogP contribution in [0.3, 0.4) is 0 Å². The Morgan fingerprint density at radius 2 is 2.20 bits per heavy atom. The maximum Gasteiger partial charge on any atom is 0.168 e. The van der Waals surface area contributed by atoms with Crippen LogP contribution >= 0.6 is 0 Å². The predicted molar refractivity (Wildman–Crippen MR) is 49.4 cm³/mol. The molecule has 0 saturated carbocycles. The van der Waals surface area contributed by atoms with E-state index in [4.69, 9.17) is 10.5 Å². The van der Waals surface area contributed by atoms with E-state index in [1.54, 1.807) is 0 Å². The summed E-state index contributed by atoms with van der Waals surface area (Å²) in [6.07, 6.45) is -1.09. The number of nitrogens with two attached hydrogens (primary N) is 1. The lowest BCUT2D eigenvalue weighted by Crippen LogP contribution is -2.33. The summed E-state index contributed by atoms with van der Waals surface area (Å²) in [4.78, 5) is 0. The highest BCUT2D eigenvalue weighted by Gasteiger charge is 2.29. The second kappa shape index (κ2) is 3.75. The van der Waals surface area contributed by atoms with E-state index in [2.05, 4.69) is 0 Å². The van der Waals surface area contributed by atoms with Gasteiger partial charge in [-0.2, -0.15) is 0 Å². The molecule has 3 nitrogen and oxygen atoms in total. The first kappa shape index (κ1) is 10.3. The van der Waals surface area contributed by atoms with Gasteiger partial charge < -0.3 is 15.6 Å². The summed E-state index contributed by atoms with van der Waals surface area (Å²) in [5.41, 5.74) is 5.52. The third-order valence-corrected chi connectivity index (χ3v) is 2.43. The summed E-state index contributed by atoms with van der Waals surface area (Å²) in [5.74, 6) is -1.62. The van der Waals surface area contributed by atoms with Crippen LogP contribution in [0.25, 0.3) is 0 Å². The van der Waals surface area contributed by atoms with Crippen LogP contribution in [-0.4, -0.2) is 17.8 Å². The molecule has 1 aliphatic rings. The van der Waals surface area contributed by atoms with Crippen molar-refractivity contribution in [3.05, 3.63) is 29.3 Å². The lowest BCUT2D eigenvalue weighted by Gasteiger charge is -2.28. The Kier molecular flexibility index (Phi) is 2.58. The lowest BCUT2D eigenvalue weighted by atomic mass is 9.98. The molecule has 0 aliphatic carbocycles. The highest BCUT2D eigenvalue weighted by molar-refractivity contribution is 5.39. The van der Waals surface area contributed by atoms with E-state index in [-0.39, 0.29) is 24.3 Å². The van der Waals surface area contributed by atoms with E-state index in [0.717, 1.165) is 12.1 Å². The second-order valence-corrected chi connectivity index (χ2v) is 3.53. The number of aliphatic hydroxyl groups excluding tert-OH is 1. The first-order valence-electron chi connectivity index (χ1n) is 4.65. The van der Waals surface area contributed by atoms with Gasteiger partial charge in [0.15, 0.2) is 11.6 Å². The number of ether oxygens (including phenoxy) is 1. The average molecular weight is 215 g/mol. The molecule has 2 rings (SSSR count). The molecule has 3 N–H and O–H groups in total. The smallest absolute Gasteiger partial charge is 0.168 e. The number of hydrogen-bond donors (Lipinski definition) is 2. The topological polar surface area (TPSA) is 55.5 Å². The van der Waals surface area contributed by atoms with Gasteiger partial charge in [0.2, 0.25) is 0 Å². The van der Waals surface area contributed by atoms with Crippen molar-refractivity contribution in [2.75, 3.05) is 6.54 Å². The summed E-state index contributed by atoms with van der Waals surface area (Å²) in [7, 11) is 0. The SMILES string of the molecule is NCC1CC(O)c2cc(F)cc(F)c2O1. The van der Waals surface area contributed by atoms with Crippen molar-refractivity contribution in [1.29, 1.82) is 0 Å². The minimum Gasteiger partial charge on any atom is -0.486 e. The summed E-state index contributed by atoms with van der Waals surface area (Å²) in [6.45, 7) is 0.188. The molecule has 1 aromatic rings. The van der Waals surface area contributed by atoms with Gasteiger partial charge in [-0.15, -0.1) is 0 Å². The number of benzene rings is 1. The normalized spacial score (nSPS) is 24.5. The van der Waals surface area contributed by atoms with Crippen LogP contribution in [-0.2, 0) is 0 Å². The Morgan fingerprint density at radius 3 is 2.87 bits per heavy atom. The van der Waals surface area contributed by atoms with Gasteiger partial charge in [-0.25, -0.2) is 8.78 Å². The molecule has 0 spiro atoms. The van der Waals surface area contributed by atoms with Crippen LogP contribution in [0.5, 0.6) is 5.75 Å². The second-order valence-electron chi connectivity index (χ2n) is 3.53. The molecule has 1 heterocycles. The van der Waals surface area contributed by atoms with Gasteiger partial charge in [-0.1, -0.05) is 0 Å². The standard InChI is InChI=1S/C10H11F2NO2/c11-5-1-7-9(14)3-6(4-13)15-10(7)8(12)2-5/h1-2,6,9,14H,3-4,13H2. The Hall–Kier alpha value is -1.20. The van der Waals surface area contributed by atoms with Gasteiger partial charge >= 0.3 is 0 Å². The summed E-state index contributed by atoms with van der Waals surface area (Å²) in [6, 6.07) is 1.81. The molecule has 15 heavy (non-hydrogen) atoms. The van der Waals surface area contributed by atoms with E-state index in [0.29, 0.717) is 0 Å². The van der Waals surface area contributed by atoms with Gasteiger partial charge in [-0.05, 0) is 6.07 Å². The molecule has 0 saturated heterocycles. The lowest BCUT2D eigenvalue weighted by molar-refractivity contribution is 0.0659. The Bertz CT molecular complexity index is 384. The highest BCUT2D eigenvalue weighted by Crippen LogP contribution is 2.36. The molecule has 5 heteroatoms. The molecule has 0 aromatic heterocycles. The number of rotatable bonds is 1. The van der Waals surface area contributed by atoms with Crippen molar-refractivity contribution < 1.29 is 18.6 Å². The molecular weight excluding hydrogens is 204 g/mol.